The Kier molecular flexibility index (Phi) is 5.44. The van der Waals surface area contributed by atoms with E-state index >= 15 is 0 Å². The molecule has 2 heterocycles. The number of aromatic nitrogens is 1. The second-order valence-electron chi connectivity index (χ2n) is 7.01. The number of sulfone groups is 1. The number of rotatable bonds is 3. The minimum Gasteiger partial charge on any atom is -0.444 e. The minimum absolute atomic E-state index is 0.294. The Bertz CT molecular complexity index is 684. The molecule has 0 atom stereocenters. The average molecular weight is 376 g/mol. The van der Waals surface area contributed by atoms with Crippen molar-refractivity contribution in [1.29, 1.82) is 0 Å². The Morgan fingerprint density at radius 3 is 2.33 bits per heavy atom. The fraction of sp³-hybridized carbons (Fsp3) is 0.733. The molecule has 1 aromatic rings. The standard InChI is InChI=1S/C15H25N3O4S2/c1-11(2)24(20,21)12-10-16-13(23-12)17-6-8-18(9-7-17)14(19)22-15(3,4)5/h10-11H,6-9H2,1-5H3. The Morgan fingerprint density at radius 2 is 1.83 bits per heavy atom. The number of thiazole rings is 1. The Labute approximate surface area is 147 Å². The molecule has 9 heteroatoms. The molecule has 0 spiro atoms. The molecule has 0 saturated carbocycles. The maximum Gasteiger partial charge on any atom is 0.410 e. The van der Waals surface area contributed by atoms with Crippen LogP contribution in [0.3, 0.4) is 0 Å². The third-order valence-electron chi connectivity index (χ3n) is 3.58. The van der Waals surface area contributed by atoms with E-state index in [0.717, 1.165) is 0 Å². The molecular weight excluding hydrogens is 350 g/mol. The fourth-order valence-corrected chi connectivity index (χ4v) is 4.80. The molecule has 1 saturated heterocycles. The fourth-order valence-electron chi connectivity index (χ4n) is 2.17. The average Bonchev–Trinajstić information content (AvgIpc) is 2.96. The van der Waals surface area contributed by atoms with Crippen LogP contribution < -0.4 is 4.90 Å². The summed E-state index contributed by atoms with van der Waals surface area (Å²) in [5.74, 6) is 0. The largest absolute Gasteiger partial charge is 0.444 e. The number of carbonyl (C=O) groups is 1. The third kappa shape index (κ3) is 4.38. The van der Waals surface area contributed by atoms with Gasteiger partial charge in [-0.3, -0.25) is 0 Å². The third-order valence-corrected chi connectivity index (χ3v) is 7.28. The van der Waals surface area contributed by atoms with Crippen LogP contribution >= 0.6 is 11.3 Å². The zero-order chi connectivity index (χ0) is 18.1. The number of anilines is 1. The molecule has 1 aliphatic heterocycles. The van der Waals surface area contributed by atoms with Crippen LogP contribution in [0.4, 0.5) is 9.93 Å². The van der Waals surface area contributed by atoms with Crippen LogP contribution in [0.1, 0.15) is 34.6 Å². The summed E-state index contributed by atoms with van der Waals surface area (Å²) in [7, 11) is -3.29. The topological polar surface area (TPSA) is 79.8 Å². The van der Waals surface area contributed by atoms with Crippen LogP contribution in [-0.2, 0) is 14.6 Å². The number of hydrogen-bond acceptors (Lipinski definition) is 7. The zero-order valence-corrected chi connectivity index (χ0v) is 16.4. The first kappa shape index (κ1) is 19.0. The molecule has 1 amide bonds. The van der Waals surface area contributed by atoms with E-state index in [0.29, 0.717) is 35.5 Å². The number of amides is 1. The molecule has 1 aromatic heterocycles. The molecule has 7 nitrogen and oxygen atoms in total. The molecule has 2 rings (SSSR count). The van der Waals surface area contributed by atoms with E-state index in [1.54, 1.807) is 18.7 Å². The van der Waals surface area contributed by atoms with Crippen molar-refractivity contribution in [3.8, 4) is 0 Å². The molecule has 24 heavy (non-hydrogen) atoms. The van der Waals surface area contributed by atoms with Gasteiger partial charge in [0.2, 0.25) is 0 Å². The molecule has 1 aliphatic rings. The lowest BCUT2D eigenvalue weighted by Gasteiger charge is -2.35. The number of carbonyl (C=O) groups excluding carboxylic acids is 1. The van der Waals surface area contributed by atoms with Gasteiger partial charge >= 0.3 is 6.09 Å². The monoisotopic (exact) mass is 375 g/mol. The summed E-state index contributed by atoms with van der Waals surface area (Å²) < 4.78 is 30.0. The van der Waals surface area contributed by atoms with Crippen LogP contribution in [-0.4, -0.2) is 61.4 Å². The molecule has 0 aliphatic carbocycles. The predicted octanol–water partition coefficient (Wildman–Crippen LogP) is 2.38. The highest BCUT2D eigenvalue weighted by atomic mass is 32.2. The van der Waals surface area contributed by atoms with Gasteiger partial charge in [0.05, 0.1) is 11.4 Å². The van der Waals surface area contributed by atoms with Crippen molar-refractivity contribution in [2.24, 2.45) is 0 Å². The maximum atomic E-state index is 12.2. The maximum absolute atomic E-state index is 12.2. The highest BCUT2D eigenvalue weighted by Gasteiger charge is 2.28. The van der Waals surface area contributed by atoms with Crippen LogP contribution in [0.2, 0.25) is 0 Å². The number of piperazine rings is 1. The molecule has 0 bridgehead atoms. The Hall–Kier alpha value is -1.35. The summed E-state index contributed by atoms with van der Waals surface area (Å²) in [6.45, 7) is 11.1. The summed E-state index contributed by atoms with van der Waals surface area (Å²) in [6.07, 6.45) is 1.11. The SMILES string of the molecule is CC(C)S(=O)(=O)c1cnc(N2CCN(C(=O)OC(C)(C)C)CC2)s1. The highest BCUT2D eigenvalue weighted by Crippen LogP contribution is 2.29. The zero-order valence-electron chi connectivity index (χ0n) is 14.8. The van der Waals surface area contributed by atoms with Gasteiger partial charge in [-0.15, -0.1) is 0 Å². The first-order chi connectivity index (χ1) is 11.0. The molecule has 0 unspecified atom stereocenters. The molecule has 0 radical (unpaired) electrons. The van der Waals surface area contributed by atoms with Crippen molar-refractivity contribution in [1.82, 2.24) is 9.88 Å². The van der Waals surface area contributed by atoms with Crippen LogP contribution in [0.5, 0.6) is 0 Å². The van der Waals surface area contributed by atoms with E-state index in [1.807, 2.05) is 25.7 Å². The molecule has 1 fully saturated rings. The first-order valence-corrected chi connectivity index (χ1v) is 10.3. The van der Waals surface area contributed by atoms with Crippen LogP contribution in [0.15, 0.2) is 10.4 Å². The summed E-state index contributed by atoms with van der Waals surface area (Å²) in [6, 6.07) is 0. The lowest BCUT2D eigenvalue weighted by molar-refractivity contribution is 0.0240. The lowest BCUT2D eigenvalue weighted by Crippen LogP contribution is -2.50. The van der Waals surface area contributed by atoms with Gasteiger partial charge in [-0.05, 0) is 34.6 Å². The highest BCUT2D eigenvalue weighted by molar-refractivity contribution is 7.94. The van der Waals surface area contributed by atoms with Crippen LogP contribution in [0, 0.1) is 0 Å². The molecule has 136 valence electrons. The van der Waals surface area contributed by atoms with Crippen LogP contribution in [0.25, 0.3) is 0 Å². The van der Waals surface area contributed by atoms with Gasteiger partial charge in [0.15, 0.2) is 15.0 Å². The predicted molar refractivity (Wildman–Crippen MR) is 94.5 cm³/mol. The molecule has 0 aromatic carbocycles. The second kappa shape index (κ2) is 6.87. The normalized spacial score (nSPS) is 16.6. The van der Waals surface area contributed by atoms with Gasteiger partial charge in [-0.2, -0.15) is 0 Å². The van der Waals surface area contributed by atoms with E-state index in [4.69, 9.17) is 4.74 Å². The van der Waals surface area contributed by atoms with Gasteiger partial charge in [-0.1, -0.05) is 11.3 Å². The quantitative estimate of drug-likeness (QED) is 0.807. The molecule has 0 N–H and O–H groups in total. The van der Waals surface area contributed by atoms with Gasteiger partial charge in [-0.25, -0.2) is 18.2 Å². The van der Waals surface area contributed by atoms with E-state index in [-0.39, 0.29) is 6.09 Å². The minimum atomic E-state index is -3.29. The summed E-state index contributed by atoms with van der Waals surface area (Å²) >= 11 is 1.19. The second-order valence-corrected chi connectivity index (χ2v) is 10.8. The van der Waals surface area contributed by atoms with Crippen molar-refractivity contribution in [3.05, 3.63) is 6.20 Å². The van der Waals surface area contributed by atoms with Gasteiger partial charge < -0.3 is 14.5 Å². The Morgan fingerprint density at radius 1 is 1.25 bits per heavy atom. The number of hydrogen-bond donors (Lipinski definition) is 0. The van der Waals surface area contributed by atoms with Crippen molar-refractivity contribution >= 4 is 32.4 Å². The summed E-state index contributed by atoms with van der Waals surface area (Å²) in [4.78, 5) is 20.0. The first-order valence-electron chi connectivity index (χ1n) is 7.93. The van der Waals surface area contributed by atoms with Crippen molar-refractivity contribution in [2.45, 2.75) is 49.7 Å². The smallest absolute Gasteiger partial charge is 0.410 e. The lowest BCUT2D eigenvalue weighted by atomic mass is 10.2. The van der Waals surface area contributed by atoms with Gasteiger partial charge in [0.25, 0.3) is 0 Å². The van der Waals surface area contributed by atoms with Crippen molar-refractivity contribution < 1.29 is 17.9 Å². The number of ether oxygens (including phenoxy) is 1. The van der Waals surface area contributed by atoms with E-state index in [9.17, 15) is 13.2 Å². The number of nitrogens with zero attached hydrogens (tertiary/aromatic N) is 3. The Balaban J connectivity index is 1.98. The summed E-state index contributed by atoms with van der Waals surface area (Å²) in [5.41, 5.74) is -0.510. The molecular formula is C15H25N3O4S2. The van der Waals surface area contributed by atoms with Crippen molar-refractivity contribution in [3.63, 3.8) is 0 Å². The van der Waals surface area contributed by atoms with Gasteiger partial charge in [0, 0.05) is 26.2 Å². The summed E-state index contributed by atoms with van der Waals surface area (Å²) in [5, 5.41) is 0.216. The van der Waals surface area contributed by atoms with E-state index in [1.165, 1.54) is 17.5 Å². The van der Waals surface area contributed by atoms with E-state index < -0.39 is 20.7 Å². The van der Waals surface area contributed by atoms with E-state index in [2.05, 4.69) is 4.98 Å². The van der Waals surface area contributed by atoms with Crippen molar-refractivity contribution in [2.75, 3.05) is 31.1 Å². The van der Waals surface area contributed by atoms with Gasteiger partial charge in [0.1, 0.15) is 9.81 Å².